The van der Waals surface area contributed by atoms with E-state index in [2.05, 4.69) is 10.3 Å². The fourth-order valence-corrected chi connectivity index (χ4v) is 2.93. The molecule has 1 aromatic heterocycles. The summed E-state index contributed by atoms with van der Waals surface area (Å²) in [4.78, 5) is 30.9. The maximum atomic E-state index is 12.0. The molecular weight excluding hydrogens is 292 g/mol. The van der Waals surface area contributed by atoms with Crippen molar-refractivity contribution < 1.29 is 14.7 Å². The molecule has 1 fully saturated rings. The molecule has 0 bridgehead atoms. The number of nitrogens with one attached hydrogen (secondary N) is 1. The molecule has 0 spiro atoms. The molecule has 1 atom stereocenters. The summed E-state index contributed by atoms with van der Waals surface area (Å²) in [6.45, 7) is 6.27. The van der Waals surface area contributed by atoms with Crippen molar-refractivity contribution in [2.24, 2.45) is 0 Å². The number of carboxylic acids is 1. The molecule has 0 aromatic carbocycles. The summed E-state index contributed by atoms with van der Waals surface area (Å²) < 4.78 is 0. The van der Waals surface area contributed by atoms with Crippen LogP contribution in [0, 0.1) is 6.92 Å². The first kappa shape index (κ1) is 15.7. The van der Waals surface area contributed by atoms with Gasteiger partial charge in [-0.2, -0.15) is 0 Å². The number of hydrogen-bond donors (Lipinski definition) is 2. The molecule has 1 aliphatic rings. The first-order valence-corrected chi connectivity index (χ1v) is 7.76. The molecule has 2 N–H and O–H groups in total. The molecular formula is C13H20N4O3S. The second kappa shape index (κ2) is 6.86. The minimum absolute atomic E-state index is 0.120. The van der Waals surface area contributed by atoms with Gasteiger partial charge in [-0.15, -0.1) is 11.3 Å². The van der Waals surface area contributed by atoms with Crippen molar-refractivity contribution in [3.63, 3.8) is 0 Å². The molecule has 7 nitrogen and oxygen atoms in total. The van der Waals surface area contributed by atoms with Gasteiger partial charge in [-0.3, -0.25) is 9.69 Å². The lowest BCUT2D eigenvalue weighted by molar-refractivity contribution is -0.143. The van der Waals surface area contributed by atoms with Crippen LogP contribution in [0.1, 0.15) is 17.6 Å². The molecule has 0 radical (unpaired) electrons. The summed E-state index contributed by atoms with van der Waals surface area (Å²) in [5, 5.41) is 14.7. The summed E-state index contributed by atoms with van der Waals surface area (Å²) in [7, 11) is 0. The number of carboxylic acid groups (broad SMARTS) is 1. The summed E-state index contributed by atoms with van der Waals surface area (Å²) in [5.41, 5.74) is 0.959. The van der Waals surface area contributed by atoms with Gasteiger partial charge >= 0.3 is 12.0 Å². The van der Waals surface area contributed by atoms with Crippen LogP contribution in [0.4, 0.5) is 4.79 Å². The van der Waals surface area contributed by atoms with E-state index in [1.54, 1.807) is 11.8 Å². The molecule has 2 heterocycles. The van der Waals surface area contributed by atoms with Crippen LogP contribution in [0.15, 0.2) is 5.38 Å². The van der Waals surface area contributed by atoms with Gasteiger partial charge in [0.2, 0.25) is 0 Å². The van der Waals surface area contributed by atoms with E-state index in [1.165, 1.54) is 11.3 Å². The number of amides is 2. The Morgan fingerprint density at radius 3 is 2.62 bits per heavy atom. The standard InChI is InChI=1S/C13H20N4O3S/c1-9-8-21-11(15-9)7-14-13(20)17-5-3-16(4-6-17)10(2)12(18)19/h8,10H,3-7H2,1-2H3,(H,14,20)(H,18,19). The van der Waals surface area contributed by atoms with Crippen molar-refractivity contribution in [1.29, 1.82) is 0 Å². The fourth-order valence-electron chi connectivity index (χ4n) is 2.22. The van der Waals surface area contributed by atoms with Crippen LogP contribution in [0.3, 0.4) is 0 Å². The molecule has 8 heteroatoms. The van der Waals surface area contributed by atoms with Gasteiger partial charge in [0.05, 0.1) is 6.54 Å². The predicted octanol–water partition coefficient (Wildman–Crippen LogP) is 0.752. The summed E-state index contributed by atoms with van der Waals surface area (Å²) in [6.07, 6.45) is 0. The van der Waals surface area contributed by atoms with Gasteiger partial charge in [-0.25, -0.2) is 9.78 Å². The van der Waals surface area contributed by atoms with Crippen molar-refractivity contribution in [3.8, 4) is 0 Å². The Kier molecular flexibility index (Phi) is 5.13. The molecule has 21 heavy (non-hydrogen) atoms. The SMILES string of the molecule is Cc1csc(CNC(=O)N2CCN(C(C)C(=O)O)CC2)n1. The third-order valence-corrected chi connectivity index (χ3v) is 4.53. The van der Waals surface area contributed by atoms with Crippen molar-refractivity contribution >= 4 is 23.3 Å². The minimum Gasteiger partial charge on any atom is -0.480 e. The Bertz CT molecular complexity index is 511. The van der Waals surface area contributed by atoms with Crippen LogP contribution < -0.4 is 5.32 Å². The number of aromatic nitrogens is 1. The third kappa shape index (κ3) is 4.15. The van der Waals surface area contributed by atoms with E-state index in [0.717, 1.165) is 10.7 Å². The zero-order valence-corrected chi connectivity index (χ0v) is 13.0. The van der Waals surface area contributed by atoms with Gasteiger partial charge in [-0.1, -0.05) is 0 Å². The van der Waals surface area contributed by atoms with Crippen molar-refractivity contribution in [2.75, 3.05) is 26.2 Å². The normalized spacial score (nSPS) is 17.5. The van der Waals surface area contributed by atoms with Crippen LogP contribution in [-0.4, -0.2) is 64.1 Å². The number of aliphatic carboxylic acids is 1. The van der Waals surface area contributed by atoms with Crippen LogP contribution in [-0.2, 0) is 11.3 Å². The highest BCUT2D eigenvalue weighted by molar-refractivity contribution is 7.09. The summed E-state index contributed by atoms with van der Waals surface area (Å²) in [5.74, 6) is -0.827. The van der Waals surface area contributed by atoms with Gasteiger partial charge in [0, 0.05) is 37.3 Å². The smallest absolute Gasteiger partial charge is 0.320 e. The van der Waals surface area contributed by atoms with Gasteiger partial charge in [0.25, 0.3) is 0 Å². The molecule has 1 unspecified atom stereocenters. The molecule has 1 aromatic rings. The van der Waals surface area contributed by atoms with Gasteiger partial charge in [-0.05, 0) is 13.8 Å². The van der Waals surface area contributed by atoms with Crippen LogP contribution in [0.5, 0.6) is 0 Å². The topological polar surface area (TPSA) is 85.8 Å². The number of carbonyl (C=O) groups is 2. The number of piperazine rings is 1. The predicted molar refractivity (Wildman–Crippen MR) is 79.3 cm³/mol. The molecule has 2 amide bonds. The van der Waals surface area contributed by atoms with Gasteiger partial charge in [0.15, 0.2) is 0 Å². The number of rotatable bonds is 4. The number of urea groups is 1. The van der Waals surface area contributed by atoms with E-state index in [4.69, 9.17) is 5.11 Å². The van der Waals surface area contributed by atoms with Crippen LogP contribution in [0.25, 0.3) is 0 Å². The van der Waals surface area contributed by atoms with Crippen molar-refractivity contribution in [2.45, 2.75) is 26.4 Å². The largest absolute Gasteiger partial charge is 0.480 e. The number of nitrogens with zero attached hydrogens (tertiary/aromatic N) is 3. The molecule has 1 aliphatic heterocycles. The number of thiazole rings is 1. The average Bonchev–Trinajstić information content (AvgIpc) is 2.89. The van der Waals surface area contributed by atoms with E-state index in [-0.39, 0.29) is 6.03 Å². The third-order valence-electron chi connectivity index (χ3n) is 3.56. The monoisotopic (exact) mass is 312 g/mol. The quantitative estimate of drug-likeness (QED) is 0.857. The average molecular weight is 312 g/mol. The molecule has 116 valence electrons. The molecule has 0 saturated carbocycles. The Morgan fingerprint density at radius 2 is 2.10 bits per heavy atom. The number of hydrogen-bond acceptors (Lipinski definition) is 5. The first-order chi connectivity index (χ1) is 9.97. The van der Waals surface area contributed by atoms with E-state index < -0.39 is 12.0 Å². The molecule has 0 aliphatic carbocycles. The van der Waals surface area contributed by atoms with Crippen LogP contribution in [0.2, 0.25) is 0 Å². The lowest BCUT2D eigenvalue weighted by Crippen LogP contribution is -2.55. The Balaban J connectivity index is 1.76. The highest BCUT2D eigenvalue weighted by atomic mass is 32.1. The van der Waals surface area contributed by atoms with E-state index >= 15 is 0 Å². The van der Waals surface area contributed by atoms with E-state index in [9.17, 15) is 9.59 Å². The van der Waals surface area contributed by atoms with Gasteiger partial charge in [0.1, 0.15) is 11.0 Å². The maximum Gasteiger partial charge on any atom is 0.320 e. The molecule has 1 saturated heterocycles. The maximum absolute atomic E-state index is 12.0. The minimum atomic E-state index is -0.827. The van der Waals surface area contributed by atoms with E-state index in [1.807, 2.05) is 17.2 Å². The summed E-state index contributed by atoms with van der Waals surface area (Å²) >= 11 is 1.53. The van der Waals surface area contributed by atoms with Crippen LogP contribution >= 0.6 is 11.3 Å². The molecule has 2 rings (SSSR count). The zero-order valence-electron chi connectivity index (χ0n) is 12.2. The highest BCUT2D eigenvalue weighted by Crippen LogP contribution is 2.09. The Labute approximate surface area is 127 Å². The van der Waals surface area contributed by atoms with Crippen molar-refractivity contribution in [1.82, 2.24) is 20.1 Å². The highest BCUT2D eigenvalue weighted by Gasteiger charge is 2.27. The number of aryl methyl sites for hydroxylation is 1. The lowest BCUT2D eigenvalue weighted by atomic mass is 10.2. The van der Waals surface area contributed by atoms with Crippen molar-refractivity contribution in [3.05, 3.63) is 16.1 Å². The first-order valence-electron chi connectivity index (χ1n) is 6.88. The lowest BCUT2D eigenvalue weighted by Gasteiger charge is -2.36. The van der Waals surface area contributed by atoms with E-state index in [0.29, 0.717) is 32.7 Å². The number of carbonyl (C=O) groups excluding carboxylic acids is 1. The second-order valence-electron chi connectivity index (χ2n) is 5.08. The zero-order chi connectivity index (χ0) is 15.4. The Hall–Kier alpha value is -1.67. The fraction of sp³-hybridized carbons (Fsp3) is 0.615. The summed E-state index contributed by atoms with van der Waals surface area (Å²) in [6, 6.07) is -0.626. The Morgan fingerprint density at radius 1 is 1.43 bits per heavy atom. The van der Waals surface area contributed by atoms with Gasteiger partial charge < -0.3 is 15.3 Å². The second-order valence-corrected chi connectivity index (χ2v) is 6.02.